The van der Waals surface area contributed by atoms with Crippen LogP contribution in [0.5, 0.6) is 0 Å². The molecule has 8 heteroatoms. The van der Waals surface area contributed by atoms with E-state index >= 15 is 0 Å². The van der Waals surface area contributed by atoms with E-state index in [1.807, 2.05) is 0 Å². The number of hydrogen-bond acceptors (Lipinski definition) is 4. The minimum absolute atomic E-state index is 0.0922. The van der Waals surface area contributed by atoms with Gasteiger partial charge in [0.25, 0.3) is 0 Å². The first-order valence-corrected chi connectivity index (χ1v) is 4.46. The van der Waals surface area contributed by atoms with Crippen LogP contribution in [-0.2, 0) is 6.18 Å². The van der Waals surface area contributed by atoms with Crippen molar-refractivity contribution in [1.82, 2.24) is 15.1 Å². The molecule has 0 bridgehead atoms. The van der Waals surface area contributed by atoms with Crippen LogP contribution in [0.4, 0.5) is 13.2 Å². The van der Waals surface area contributed by atoms with Crippen LogP contribution in [0.15, 0.2) is 23.0 Å². The summed E-state index contributed by atoms with van der Waals surface area (Å²) in [6.45, 7) is 0. The fraction of sp³-hybridized carbons (Fsp3) is 0.125. The fourth-order valence-electron chi connectivity index (χ4n) is 1.17. The van der Waals surface area contributed by atoms with Gasteiger partial charge in [-0.15, -0.1) is 0 Å². The summed E-state index contributed by atoms with van der Waals surface area (Å²) in [7, 11) is 0. The van der Waals surface area contributed by atoms with Gasteiger partial charge in [0.15, 0.2) is 5.82 Å². The van der Waals surface area contributed by atoms with Crippen molar-refractivity contribution in [3.63, 3.8) is 0 Å². The van der Waals surface area contributed by atoms with Gasteiger partial charge in [-0.25, -0.2) is 5.16 Å². The number of rotatable bonds is 1. The molecule has 2 heterocycles. The second kappa shape index (κ2) is 3.71. The Bertz CT molecular complexity index is 560. The summed E-state index contributed by atoms with van der Waals surface area (Å²) in [6, 6.07) is 0.862. The molecular formula is C8H4F3N3OS. The molecule has 0 spiro atoms. The summed E-state index contributed by atoms with van der Waals surface area (Å²) in [5, 5.41) is 2.20. The quantitative estimate of drug-likeness (QED) is 0.787. The van der Waals surface area contributed by atoms with Gasteiger partial charge in [0.05, 0.1) is 11.1 Å². The lowest BCUT2D eigenvalue weighted by Crippen LogP contribution is -2.07. The number of aromatic nitrogens is 3. The monoisotopic (exact) mass is 247 g/mol. The van der Waals surface area contributed by atoms with E-state index in [1.165, 1.54) is 0 Å². The molecule has 0 amide bonds. The molecule has 0 aromatic carbocycles. The second-order valence-corrected chi connectivity index (χ2v) is 3.20. The molecule has 0 radical (unpaired) electrons. The van der Waals surface area contributed by atoms with Crippen LogP contribution in [0.3, 0.4) is 0 Å². The van der Waals surface area contributed by atoms with E-state index in [2.05, 4.69) is 31.9 Å². The third kappa shape index (κ3) is 1.96. The van der Waals surface area contributed by atoms with Gasteiger partial charge in [-0.1, -0.05) is 0 Å². The molecule has 84 valence electrons. The molecule has 0 aliphatic carbocycles. The highest BCUT2D eigenvalue weighted by molar-refractivity contribution is 7.71. The lowest BCUT2D eigenvalue weighted by molar-refractivity contribution is -0.137. The van der Waals surface area contributed by atoms with Crippen molar-refractivity contribution in [3.05, 3.63) is 28.9 Å². The molecule has 2 rings (SSSR count). The number of aromatic amines is 1. The summed E-state index contributed by atoms with van der Waals surface area (Å²) in [5.41, 5.74) is -1.04. The van der Waals surface area contributed by atoms with Crippen LogP contribution in [0.2, 0.25) is 0 Å². The Morgan fingerprint density at radius 3 is 2.69 bits per heavy atom. The largest absolute Gasteiger partial charge is 0.417 e. The predicted octanol–water partition coefficient (Wildman–Crippen LogP) is 2.81. The van der Waals surface area contributed by atoms with Crippen LogP contribution in [0, 0.1) is 4.84 Å². The smallest absolute Gasteiger partial charge is 0.348 e. The SMILES string of the molecule is FC(F)(F)c1ccncc1-c1nc(=S)o[nH]1. The number of nitrogens with one attached hydrogen (secondary N) is 1. The van der Waals surface area contributed by atoms with Gasteiger partial charge >= 0.3 is 11.0 Å². The topological polar surface area (TPSA) is 54.7 Å². The van der Waals surface area contributed by atoms with E-state index in [-0.39, 0.29) is 16.2 Å². The van der Waals surface area contributed by atoms with Crippen LogP contribution < -0.4 is 0 Å². The summed E-state index contributed by atoms with van der Waals surface area (Å²) in [6.07, 6.45) is -2.38. The van der Waals surface area contributed by atoms with Crippen molar-refractivity contribution >= 4 is 12.2 Å². The van der Waals surface area contributed by atoms with Crippen molar-refractivity contribution < 1.29 is 17.7 Å². The van der Waals surface area contributed by atoms with Gasteiger partial charge in [0.1, 0.15) is 0 Å². The van der Waals surface area contributed by atoms with Crippen molar-refractivity contribution in [1.29, 1.82) is 0 Å². The average molecular weight is 247 g/mol. The van der Waals surface area contributed by atoms with E-state index in [9.17, 15) is 13.2 Å². The summed E-state index contributed by atoms with van der Waals surface area (Å²) < 4.78 is 42.4. The number of pyridine rings is 1. The van der Waals surface area contributed by atoms with Crippen molar-refractivity contribution in [2.45, 2.75) is 6.18 Å². The van der Waals surface area contributed by atoms with Gasteiger partial charge in [0.2, 0.25) is 0 Å². The molecule has 0 aliphatic rings. The summed E-state index contributed by atoms with van der Waals surface area (Å²) in [4.78, 5) is 7.06. The molecule has 0 unspecified atom stereocenters. The van der Waals surface area contributed by atoms with E-state index in [0.717, 1.165) is 18.5 Å². The number of alkyl halides is 3. The maximum absolute atomic E-state index is 12.6. The molecule has 0 saturated heterocycles. The Hall–Kier alpha value is -1.70. The second-order valence-electron chi connectivity index (χ2n) is 2.85. The summed E-state index contributed by atoms with van der Waals surface area (Å²) >= 11 is 4.56. The van der Waals surface area contributed by atoms with Crippen LogP contribution in [0.25, 0.3) is 11.4 Å². The Kier molecular flexibility index (Phi) is 2.50. The van der Waals surface area contributed by atoms with Gasteiger partial charge in [-0.2, -0.15) is 18.2 Å². The lowest BCUT2D eigenvalue weighted by atomic mass is 10.1. The van der Waals surface area contributed by atoms with Crippen LogP contribution in [-0.4, -0.2) is 15.1 Å². The van der Waals surface area contributed by atoms with E-state index in [1.54, 1.807) is 0 Å². The van der Waals surface area contributed by atoms with Gasteiger partial charge < -0.3 is 4.52 Å². The predicted molar refractivity (Wildman–Crippen MR) is 49.9 cm³/mol. The van der Waals surface area contributed by atoms with E-state index in [0.29, 0.717) is 0 Å². The lowest BCUT2D eigenvalue weighted by Gasteiger charge is -2.09. The molecule has 0 saturated carbocycles. The molecular weight excluding hydrogens is 243 g/mol. The highest BCUT2D eigenvalue weighted by Gasteiger charge is 2.34. The van der Waals surface area contributed by atoms with Gasteiger partial charge in [-0.05, 0) is 18.3 Å². The maximum atomic E-state index is 12.6. The molecule has 4 nitrogen and oxygen atoms in total. The van der Waals surface area contributed by atoms with Crippen LogP contribution >= 0.6 is 12.2 Å². The zero-order valence-electron chi connectivity index (χ0n) is 7.58. The molecule has 1 N–H and O–H groups in total. The zero-order chi connectivity index (χ0) is 11.8. The maximum Gasteiger partial charge on any atom is 0.417 e. The summed E-state index contributed by atoms with van der Waals surface area (Å²) in [5.74, 6) is -0.0922. The first-order valence-electron chi connectivity index (χ1n) is 4.05. The minimum Gasteiger partial charge on any atom is -0.348 e. The number of hydrogen-bond donors (Lipinski definition) is 1. The number of H-pyrrole nitrogens is 1. The van der Waals surface area contributed by atoms with Gasteiger partial charge in [-0.3, -0.25) is 4.98 Å². The third-order valence-electron chi connectivity index (χ3n) is 1.82. The van der Waals surface area contributed by atoms with E-state index in [4.69, 9.17) is 0 Å². The highest BCUT2D eigenvalue weighted by atomic mass is 32.1. The Labute approximate surface area is 92.1 Å². The first-order chi connectivity index (χ1) is 7.48. The molecule has 2 aromatic heterocycles. The highest BCUT2D eigenvalue weighted by Crippen LogP contribution is 2.35. The van der Waals surface area contributed by atoms with Crippen LogP contribution in [0.1, 0.15) is 5.56 Å². The minimum atomic E-state index is -4.48. The van der Waals surface area contributed by atoms with Crippen molar-refractivity contribution in [3.8, 4) is 11.4 Å². The molecule has 16 heavy (non-hydrogen) atoms. The zero-order valence-corrected chi connectivity index (χ0v) is 8.39. The van der Waals surface area contributed by atoms with Crippen molar-refractivity contribution in [2.24, 2.45) is 0 Å². The average Bonchev–Trinajstić information content (AvgIpc) is 2.64. The Balaban J connectivity index is 2.61. The molecule has 0 fully saturated rings. The number of halogens is 3. The number of nitrogens with zero attached hydrogens (tertiary/aromatic N) is 2. The van der Waals surface area contributed by atoms with E-state index < -0.39 is 11.7 Å². The third-order valence-corrected chi connectivity index (χ3v) is 1.99. The standard InChI is InChI=1S/C8H4F3N3OS/c9-8(10,11)5-1-2-12-3-4(5)6-13-7(16)15-14-6/h1-3H,(H,13,14,16). The molecule has 0 atom stereocenters. The van der Waals surface area contributed by atoms with Crippen molar-refractivity contribution in [2.75, 3.05) is 0 Å². The van der Waals surface area contributed by atoms with Gasteiger partial charge in [0, 0.05) is 12.4 Å². The molecule has 2 aromatic rings. The fourth-order valence-corrected chi connectivity index (χ4v) is 1.31. The first kappa shape index (κ1) is 10.8. The normalized spacial score (nSPS) is 11.7. The Morgan fingerprint density at radius 1 is 1.38 bits per heavy atom. The molecule has 0 aliphatic heterocycles. The Morgan fingerprint density at radius 2 is 2.12 bits per heavy atom.